The number of aliphatic hydroxyl groups is 1. The smallest absolute Gasteiger partial charge is 0.295 e. The van der Waals surface area contributed by atoms with Crippen LogP contribution in [0.25, 0.3) is 5.76 Å². The molecule has 1 aromatic carbocycles. The highest BCUT2D eigenvalue weighted by Crippen LogP contribution is 2.41. The molecule has 1 unspecified atom stereocenters. The molecular formula is C21H23NO6. The Balaban J connectivity index is 2.17. The molecule has 1 aliphatic rings. The van der Waals surface area contributed by atoms with E-state index in [-0.39, 0.29) is 11.3 Å². The fraction of sp³-hybridized carbons (Fsp3) is 0.333. The van der Waals surface area contributed by atoms with E-state index in [9.17, 15) is 14.7 Å². The van der Waals surface area contributed by atoms with Crippen molar-refractivity contribution in [2.45, 2.75) is 26.3 Å². The first-order valence-electron chi connectivity index (χ1n) is 9.00. The lowest BCUT2D eigenvalue weighted by atomic mass is 9.99. The average Bonchev–Trinajstić information content (AvgIpc) is 3.23. The molecule has 0 bridgehead atoms. The van der Waals surface area contributed by atoms with E-state index in [1.54, 1.807) is 37.3 Å². The number of ether oxygens (including phenoxy) is 2. The number of nitrogens with zero attached hydrogens (tertiary/aromatic N) is 1. The number of ketones is 1. The minimum atomic E-state index is -0.776. The molecule has 0 spiro atoms. The third kappa shape index (κ3) is 3.24. The van der Waals surface area contributed by atoms with Gasteiger partial charge < -0.3 is 23.9 Å². The second-order valence-corrected chi connectivity index (χ2v) is 6.51. The third-order valence-corrected chi connectivity index (χ3v) is 4.69. The van der Waals surface area contributed by atoms with Crippen molar-refractivity contribution in [3.8, 4) is 11.5 Å². The second kappa shape index (κ2) is 7.80. The van der Waals surface area contributed by atoms with Crippen LogP contribution in [0.3, 0.4) is 0 Å². The molecule has 2 aromatic rings. The van der Waals surface area contributed by atoms with Crippen molar-refractivity contribution in [2.75, 3.05) is 20.8 Å². The molecule has 148 valence electrons. The summed E-state index contributed by atoms with van der Waals surface area (Å²) in [6.45, 7) is 4.07. The molecule has 1 atom stereocenters. The van der Waals surface area contributed by atoms with Gasteiger partial charge in [-0.05, 0) is 43.7 Å². The van der Waals surface area contributed by atoms with Crippen LogP contribution in [-0.2, 0) is 9.59 Å². The molecule has 1 fully saturated rings. The van der Waals surface area contributed by atoms with E-state index in [0.29, 0.717) is 41.5 Å². The molecule has 1 N–H and O–H groups in total. The molecule has 2 heterocycles. The number of furan rings is 1. The average molecular weight is 385 g/mol. The zero-order chi connectivity index (χ0) is 20.4. The van der Waals surface area contributed by atoms with Crippen LogP contribution in [0, 0.1) is 6.92 Å². The highest BCUT2D eigenvalue weighted by atomic mass is 16.5. The molecule has 1 saturated heterocycles. The Morgan fingerprint density at radius 3 is 2.43 bits per heavy atom. The van der Waals surface area contributed by atoms with Gasteiger partial charge in [-0.2, -0.15) is 0 Å². The summed E-state index contributed by atoms with van der Waals surface area (Å²) >= 11 is 0. The molecule has 3 rings (SSSR count). The number of Topliss-reactive ketones (excluding diaryl/α,β-unsaturated/α-hetero) is 1. The monoisotopic (exact) mass is 385 g/mol. The quantitative estimate of drug-likeness (QED) is 0.465. The van der Waals surface area contributed by atoms with Crippen LogP contribution in [-0.4, -0.2) is 42.5 Å². The molecule has 1 amide bonds. The van der Waals surface area contributed by atoms with Gasteiger partial charge in [0.15, 0.2) is 11.5 Å². The van der Waals surface area contributed by atoms with Crippen LogP contribution in [0.15, 0.2) is 40.3 Å². The van der Waals surface area contributed by atoms with Crippen molar-refractivity contribution >= 4 is 17.4 Å². The first kappa shape index (κ1) is 19.5. The van der Waals surface area contributed by atoms with Gasteiger partial charge in [-0.25, -0.2) is 0 Å². The third-order valence-electron chi connectivity index (χ3n) is 4.69. The van der Waals surface area contributed by atoms with Crippen molar-refractivity contribution in [1.29, 1.82) is 0 Å². The molecule has 28 heavy (non-hydrogen) atoms. The summed E-state index contributed by atoms with van der Waals surface area (Å²) in [5.74, 6) is 0.318. The van der Waals surface area contributed by atoms with Gasteiger partial charge in [-0.1, -0.05) is 6.92 Å². The van der Waals surface area contributed by atoms with E-state index in [2.05, 4.69) is 0 Å². The van der Waals surface area contributed by atoms with E-state index in [1.807, 2.05) is 6.92 Å². The molecule has 7 nitrogen and oxygen atoms in total. The van der Waals surface area contributed by atoms with E-state index >= 15 is 0 Å². The number of methoxy groups -OCH3 is 2. The molecule has 1 aliphatic heterocycles. The Kier molecular flexibility index (Phi) is 5.44. The zero-order valence-electron chi connectivity index (χ0n) is 16.3. The molecule has 0 saturated carbocycles. The Labute approximate surface area is 163 Å². The number of benzene rings is 1. The highest BCUT2D eigenvalue weighted by molar-refractivity contribution is 6.46. The first-order valence-corrected chi connectivity index (χ1v) is 9.00. The van der Waals surface area contributed by atoms with Gasteiger partial charge in [0.1, 0.15) is 23.3 Å². The van der Waals surface area contributed by atoms with E-state index in [4.69, 9.17) is 13.9 Å². The van der Waals surface area contributed by atoms with Crippen molar-refractivity contribution in [3.63, 3.8) is 0 Å². The van der Waals surface area contributed by atoms with Crippen LogP contribution in [0.5, 0.6) is 11.5 Å². The van der Waals surface area contributed by atoms with Gasteiger partial charge in [0.25, 0.3) is 11.7 Å². The van der Waals surface area contributed by atoms with Crippen LogP contribution < -0.4 is 9.47 Å². The summed E-state index contributed by atoms with van der Waals surface area (Å²) in [6.07, 6.45) is 0.666. The summed E-state index contributed by atoms with van der Waals surface area (Å²) in [6, 6.07) is 7.50. The lowest BCUT2D eigenvalue weighted by Gasteiger charge is -2.22. The number of hydrogen-bond donors (Lipinski definition) is 1. The number of aryl methyl sites for hydroxylation is 1. The van der Waals surface area contributed by atoms with E-state index in [0.717, 1.165) is 0 Å². The van der Waals surface area contributed by atoms with Gasteiger partial charge in [0.05, 0.1) is 19.8 Å². The Hall–Kier alpha value is -3.22. The lowest BCUT2D eigenvalue weighted by Crippen LogP contribution is -2.30. The predicted molar refractivity (Wildman–Crippen MR) is 102 cm³/mol. The maximum Gasteiger partial charge on any atom is 0.295 e. The first-order chi connectivity index (χ1) is 13.4. The number of rotatable bonds is 6. The number of likely N-dealkylation sites (tertiary alicyclic amines) is 1. The van der Waals surface area contributed by atoms with Crippen LogP contribution in [0.2, 0.25) is 0 Å². The number of amides is 1. The summed E-state index contributed by atoms with van der Waals surface area (Å²) in [5.41, 5.74) is 0.348. The topological polar surface area (TPSA) is 89.2 Å². The van der Waals surface area contributed by atoms with Gasteiger partial charge in [-0.15, -0.1) is 0 Å². The number of carbonyl (C=O) groups is 2. The maximum atomic E-state index is 12.8. The summed E-state index contributed by atoms with van der Waals surface area (Å²) < 4.78 is 16.2. The zero-order valence-corrected chi connectivity index (χ0v) is 16.3. The Morgan fingerprint density at radius 2 is 1.86 bits per heavy atom. The largest absolute Gasteiger partial charge is 0.507 e. The Morgan fingerprint density at radius 1 is 1.14 bits per heavy atom. The maximum absolute atomic E-state index is 12.8. The van der Waals surface area contributed by atoms with E-state index < -0.39 is 17.7 Å². The predicted octanol–water partition coefficient (Wildman–Crippen LogP) is 3.44. The second-order valence-electron chi connectivity index (χ2n) is 6.51. The van der Waals surface area contributed by atoms with Crippen LogP contribution >= 0.6 is 0 Å². The standard InChI is InChI=1S/C21H23NO6/c1-5-10-22-18(15-8-6-12(2)28-15)17(20(24)21(22)25)19(23)13-7-9-14(26-3)16(11-13)27-4/h6-9,11,18,23H,5,10H2,1-4H3/b19-17-. The summed E-state index contributed by atoms with van der Waals surface area (Å²) in [4.78, 5) is 26.8. The number of aliphatic hydroxyl groups excluding tert-OH is 1. The minimum absolute atomic E-state index is 0.0000184. The lowest BCUT2D eigenvalue weighted by molar-refractivity contribution is -0.140. The molecular weight excluding hydrogens is 362 g/mol. The van der Waals surface area contributed by atoms with E-state index in [1.165, 1.54) is 19.1 Å². The van der Waals surface area contributed by atoms with Gasteiger partial charge in [-0.3, -0.25) is 9.59 Å². The summed E-state index contributed by atoms with van der Waals surface area (Å²) in [7, 11) is 2.99. The van der Waals surface area contributed by atoms with Gasteiger partial charge in [0, 0.05) is 12.1 Å². The fourth-order valence-corrected chi connectivity index (χ4v) is 3.39. The van der Waals surface area contributed by atoms with Crippen molar-refractivity contribution < 1.29 is 28.6 Å². The molecule has 0 aliphatic carbocycles. The van der Waals surface area contributed by atoms with Crippen molar-refractivity contribution in [1.82, 2.24) is 4.90 Å². The van der Waals surface area contributed by atoms with Gasteiger partial charge in [0.2, 0.25) is 0 Å². The van der Waals surface area contributed by atoms with Crippen molar-refractivity contribution in [3.05, 3.63) is 53.0 Å². The Bertz CT molecular complexity index is 942. The van der Waals surface area contributed by atoms with Crippen LogP contribution in [0.1, 0.15) is 36.5 Å². The molecule has 0 radical (unpaired) electrons. The number of carbonyl (C=O) groups excluding carboxylic acids is 2. The molecule has 7 heteroatoms. The minimum Gasteiger partial charge on any atom is -0.507 e. The number of hydrogen-bond acceptors (Lipinski definition) is 6. The normalized spacial score (nSPS) is 18.6. The fourth-order valence-electron chi connectivity index (χ4n) is 3.39. The van der Waals surface area contributed by atoms with Crippen molar-refractivity contribution in [2.24, 2.45) is 0 Å². The summed E-state index contributed by atoms with van der Waals surface area (Å²) in [5, 5.41) is 11.0. The van der Waals surface area contributed by atoms with Gasteiger partial charge >= 0.3 is 0 Å². The van der Waals surface area contributed by atoms with Crippen LogP contribution in [0.4, 0.5) is 0 Å². The highest BCUT2D eigenvalue weighted by Gasteiger charge is 2.47. The SMILES string of the molecule is CCCN1C(=O)C(=O)/C(=C(\O)c2ccc(OC)c(OC)c2)C1c1ccc(C)o1. The molecule has 1 aromatic heterocycles.